The van der Waals surface area contributed by atoms with Crippen molar-refractivity contribution in [3.05, 3.63) is 48.0 Å². The van der Waals surface area contributed by atoms with Gasteiger partial charge < -0.3 is 15.1 Å². The number of likely N-dealkylation sites (tertiary alicyclic amines) is 2. The molecule has 2 aliphatic heterocycles. The van der Waals surface area contributed by atoms with E-state index in [1.54, 1.807) is 29.1 Å². The highest BCUT2D eigenvalue weighted by Crippen LogP contribution is 2.20. The predicted octanol–water partition coefficient (Wildman–Crippen LogP) is 2.54. The molecule has 2 aromatic rings. The fraction of sp³-hybridized carbons (Fsp3) is 0.522. The van der Waals surface area contributed by atoms with Crippen LogP contribution >= 0.6 is 0 Å². The van der Waals surface area contributed by atoms with Gasteiger partial charge in [-0.3, -0.25) is 14.3 Å². The quantitative estimate of drug-likeness (QED) is 0.737. The number of nitrogens with zero attached hydrogens (tertiary/aromatic N) is 4. The molecule has 1 atom stereocenters. The van der Waals surface area contributed by atoms with Crippen LogP contribution in [0.25, 0.3) is 0 Å². The highest BCUT2D eigenvalue weighted by Gasteiger charge is 2.26. The highest BCUT2D eigenvalue weighted by atomic mass is 19.1. The Bertz CT molecular complexity index is 909. The Morgan fingerprint density at radius 3 is 2.74 bits per heavy atom. The van der Waals surface area contributed by atoms with E-state index in [-0.39, 0.29) is 24.8 Å². The molecule has 2 amide bonds. The number of carbonyl (C=O) groups is 2. The van der Waals surface area contributed by atoms with Crippen LogP contribution in [-0.4, -0.2) is 64.1 Å². The maximum atomic E-state index is 13.7. The third-order valence-corrected chi connectivity index (χ3v) is 6.11. The van der Waals surface area contributed by atoms with Crippen molar-refractivity contribution in [1.82, 2.24) is 19.6 Å². The average Bonchev–Trinajstić information content (AvgIpc) is 3.42. The van der Waals surface area contributed by atoms with E-state index in [4.69, 9.17) is 0 Å². The maximum absolute atomic E-state index is 13.7. The van der Waals surface area contributed by atoms with E-state index in [9.17, 15) is 14.0 Å². The summed E-state index contributed by atoms with van der Waals surface area (Å²) in [5, 5.41) is 6.92. The SMILES string of the molecule is O=C(Cc1ccccc1F)Nc1cnn(CC(=O)N2CCCC(CN3CCCC3)C2)c1. The summed E-state index contributed by atoms with van der Waals surface area (Å²) >= 11 is 0. The van der Waals surface area contributed by atoms with Crippen LogP contribution in [0, 0.1) is 11.7 Å². The predicted molar refractivity (Wildman–Crippen MR) is 116 cm³/mol. The van der Waals surface area contributed by atoms with Crippen LogP contribution in [0.4, 0.5) is 10.1 Å². The van der Waals surface area contributed by atoms with Gasteiger partial charge in [-0.25, -0.2) is 4.39 Å². The van der Waals surface area contributed by atoms with Crippen molar-refractivity contribution < 1.29 is 14.0 Å². The molecule has 1 aromatic carbocycles. The standard InChI is InChI=1S/C23H30FN5O2/c24-21-8-2-1-7-19(21)12-22(30)26-20-13-25-29(16-20)17-23(31)28-11-5-6-18(15-28)14-27-9-3-4-10-27/h1-2,7-8,13,16,18H,3-6,9-12,14-15,17H2,(H,26,30). The Balaban J connectivity index is 1.26. The fourth-order valence-corrected chi connectivity index (χ4v) is 4.54. The van der Waals surface area contributed by atoms with E-state index >= 15 is 0 Å². The summed E-state index contributed by atoms with van der Waals surface area (Å²) in [5.41, 5.74) is 0.843. The number of nitrogens with one attached hydrogen (secondary N) is 1. The molecule has 2 fully saturated rings. The molecule has 0 spiro atoms. The van der Waals surface area contributed by atoms with Gasteiger partial charge in [-0.1, -0.05) is 18.2 Å². The number of aromatic nitrogens is 2. The molecule has 3 heterocycles. The minimum absolute atomic E-state index is 0.0526. The molecule has 0 aliphatic carbocycles. The lowest BCUT2D eigenvalue weighted by Gasteiger charge is -2.34. The molecule has 0 bridgehead atoms. The Kier molecular flexibility index (Phi) is 6.96. The molecule has 2 saturated heterocycles. The van der Waals surface area contributed by atoms with Crippen molar-refractivity contribution in [3.8, 4) is 0 Å². The minimum atomic E-state index is -0.400. The number of benzene rings is 1. The summed E-state index contributed by atoms with van der Waals surface area (Å²) in [6.07, 6.45) is 7.90. The molecule has 1 N–H and O–H groups in total. The van der Waals surface area contributed by atoms with Crippen molar-refractivity contribution in [2.45, 2.75) is 38.6 Å². The number of carbonyl (C=O) groups excluding carboxylic acids is 2. The van der Waals surface area contributed by atoms with E-state index in [1.165, 1.54) is 44.6 Å². The normalized spacial score (nSPS) is 19.5. The first-order chi connectivity index (χ1) is 15.1. The Hall–Kier alpha value is -2.74. The van der Waals surface area contributed by atoms with Gasteiger partial charge in [0.15, 0.2) is 0 Å². The summed E-state index contributed by atoms with van der Waals surface area (Å²) in [6, 6.07) is 6.22. The Labute approximate surface area is 182 Å². The highest BCUT2D eigenvalue weighted by molar-refractivity contribution is 5.92. The first-order valence-electron chi connectivity index (χ1n) is 11.1. The molecule has 31 heavy (non-hydrogen) atoms. The number of hydrogen-bond donors (Lipinski definition) is 1. The molecule has 7 nitrogen and oxygen atoms in total. The summed E-state index contributed by atoms with van der Waals surface area (Å²) in [6.45, 7) is 5.21. The zero-order chi connectivity index (χ0) is 21.6. The molecule has 1 aromatic heterocycles. The van der Waals surface area contributed by atoms with E-state index in [1.807, 2.05) is 4.90 Å². The molecule has 1 unspecified atom stereocenters. The van der Waals surface area contributed by atoms with Crippen molar-refractivity contribution in [3.63, 3.8) is 0 Å². The molecule has 166 valence electrons. The van der Waals surface area contributed by atoms with E-state index in [0.29, 0.717) is 17.2 Å². The zero-order valence-corrected chi connectivity index (χ0v) is 17.8. The maximum Gasteiger partial charge on any atom is 0.244 e. The number of anilines is 1. The monoisotopic (exact) mass is 427 g/mol. The van der Waals surface area contributed by atoms with Crippen LogP contribution in [0.5, 0.6) is 0 Å². The lowest BCUT2D eigenvalue weighted by Crippen LogP contribution is -2.44. The van der Waals surface area contributed by atoms with Crippen LogP contribution < -0.4 is 5.32 Å². The van der Waals surface area contributed by atoms with Gasteiger partial charge in [0.1, 0.15) is 12.4 Å². The molecule has 0 saturated carbocycles. The molecular formula is C23H30FN5O2. The van der Waals surface area contributed by atoms with Gasteiger partial charge in [-0.05, 0) is 56.3 Å². The Morgan fingerprint density at radius 2 is 1.94 bits per heavy atom. The van der Waals surface area contributed by atoms with Gasteiger partial charge >= 0.3 is 0 Å². The van der Waals surface area contributed by atoms with Gasteiger partial charge in [-0.2, -0.15) is 5.10 Å². The molecular weight excluding hydrogens is 397 g/mol. The summed E-state index contributed by atoms with van der Waals surface area (Å²) in [5.74, 6) is -0.125. The number of amides is 2. The number of hydrogen-bond acceptors (Lipinski definition) is 4. The van der Waals surface area contributed by atoms with E-state index in [0.717, 1.165) is 26.1 Å². The minimum Gasteiger partial charge on any atom is -0.341 e. The number of piperidine rings is 1. The number of halogens is 1. The zero-order valence-electron chi connectivity index (χ0n) is 17.8. The van der Waals surface area contributed by atoms with Crippen molar-refractivity contribution in [2.75, 3.05) is 38.0 Å². The Morgan fingerprint density at radius 1 is 1.13 bits per heavy atom. The second-order valence-electron chi connectivity index (χ2n) is 8.60. The first-order valence-corrected chi connectivity index (χ1v) is 11.1. The number of rotatable bonds is 7. The van der Waals surface area contributed by atoms with Crippen molar-refractivity contribution >= 4 is 17.5 Å². The first kappa shape index (κ1) is 21.5. The average molecular weight is 428 g/mol. The summed E-state index contributed by atoms with van der Waals surface area (Å²) < 4.78 is 15.3. The van der Waals surface area contributed by atoms with E-state index in [2.05, 4.69) is 15.3 Å². The summed E-state index contributed by atoms with van der Waals surface area (Å²) in [4.78, 5) is 29.4. The van der Waals surface area contributed by atoms with Gasteiger partial charge in [0, 0.05) is 25.8 Å². The third-order valence-electron chi connectivity index (χ3n) is 6.11. The molecule has 0 radical (unpaired) electrons. The van der Waals surface area contributed by atoms with Gasteiger partial charge in [0.25, 0.3) is 0 Å². The van der Waals surface area contributed by atoms with Crippen LogP contribution in [0.3, 0.4) is 0 Å². The third kappa shape index (κ3) is 5.91. The van der Waals surface area contributed by atoms with Crippen LogP contribution in [0.2, 0.25) is 0 Å². The van der Waals surface area contributed by atoms with Crippen LogP contribution in [0.15, 0.2) is 36.7 Å². The van der Waals surface area contributed by atoms with Crippen LogP contribution in [-0.2, 0) is 22.6 Å². The topological polar surface area (TPSA) is 70.5 Å². The van der Waals surface area contributed by atoms with Gasteiger partial charge in [-0.15, -0.1) is 0 Å². The largest absolute Gasteiger partial charge is 0.341 e. The lowest BCUT2D eigenvalue weighted by atomic mass is 9.97. The molecule has 2 aliphatic rings. The second-order valence-corrected chi connectivity index (χ2v) is 8.60. The molecule has 8 heteroatoms. The smallest absolute Gasteiger partial charge is 0.244 e. The van der Waals surface area contributed by atoms with Gasteiger partial charge in [0.05, 0.1) is 18.3 Å². The lowest BCUT2D eigenvalue weighted by molar-refractivity contribution is -0.134. The fourth-order valence-electron chi connectivity index (χ4n) is 4.54. The van der Waals surface area contributed by atoms with Crippen molar-refractivity contribution in [2.24, 2.45) is 5.92 Å². The second kappa shape index (κ2) is 10.0. The van der Waals surface area contributed by atoms with Gasteiger partial charge in [0.2, 0.25) is 11.8 Å². The van der Waals surface area contributed by atoms with Crippen molar-refractivity contribution in [1.29, 1.82) is 0 Å². The van der Waals surface area contributed by atoms with Crippen LogP contribution in [0.1, 0.15) is 31.2 Å². The summed E-state index contributed by atoms with van der Waals surface area (Å²) in [7, 11) is 0. The molecule has 4 rings (SSSR count). The van der Waals surface area contributed by atoms with E-state index < -0.39 is 5.82 Å².